The molecule has 0 aliphatic carbocycles. The Morgan fingerprint density at radius 3 is 2.21 bits per heavy atom. The molecule has 2 bridgehead atoms. The molecule has 7 rings (SSSR count). The molecule has 1 aromatic heterocycles. The highest BCUT2D eigenvalue weighted by atomic mass is 79.9. The van der Waals surface area contributed by atoms with Crippen LogP contribution >= 0.6 is 0 Å². The fourth-order valence-corrected chi connectivity index (χ4v) is 8.38. The van der Waals surface area contributed by atoms with Gasteiger partial charge in [-0.1, -0.05) is 96.1 Å². The third-order valence-corrected chi connectivity index (χ3v) is 10.8. The predicted molar refractivity (Wildman–Crippen MR) is 190 cm³/mol. The zero-order chi connectivity index (χ0) is 32.7. The Morgan fingerprint density at radius 2 is 1.57 bits per heavy atom. The van der Waals surface area contributed by atoms with E-state index in [1.807, 2.05) is 13.3 Å². The van der Waals surface area contributed by atoms with Gasteiger partial charge in [0.2, 0.25) is 0 Å². The number of hydrogen-bond donors (Lipinski definition) is 0. The van der Waals surface area contributed by atoms with Crippen molar-refractivity contribution in [2.24, 2.45) is 11.8 Å². The number of pyridine rings is 1. The second kappa shape index (κ2) is 13.9. The number of ether oxygens (including phenoxy) is 2. The van der Waals surface area contributed by atoms with E-state index in [0.717, 1.165) is 41.8 Å². The van der Waals surface area contributed by atoms with Crippen LogP contribution in [0, 0.1) is 11.8 Å². The molecule has 0 radical (unpaired) electrons. The Labute approximate surface area is 293 Å². The number of aromatic nitrogens is 1. The monoisotopic (exact) mass is 696 g/mol. The molecular formula is C42H53BrN2O2. The molecule has 3 aromatic carbocycles. The van der Waals surface area contributed by atoms with Gasteiger partial charge in [0.1, 0.15) is 24.4 Å². The zero-order valence-electron chi connectivity index (χ0n) is 29.4. The van der Waals surface area contributed by atoms with E-state index in [1.54, 1.807) is 0 Å². The van der Waals surface area contributed by atoms with Crippen molar-refractivity contribution in [3.8, 4) is 5.75 Å². The lowest BCUT2D eigenvalue weighted by Crippen LogP contribution is -3.00. The molecule has 4 aromatic rings. The topological polar surface area (TPSA) is 31.4 Å². The zero-order valence-corrected chi connectivity index (χ0v) is 31.0. The van der Waals surface area contributed by atoms with E-state index in [0.29, 0.717) is 24.5 Å². The van der Waals surface area contributed by atoms with E-state index in [1.165, 1.54) is 39.6 Å². The standard InChI is InChI=1S/C42H53N2O2.BrH/c1-9-31-27-44(26-30-23-35(41(2,3)4)40(45-8)36(24-30)42(5,6)7)22-20-32(31)25-38(44)39(46-28-29-15-11-10-12-16-29)34-19-21-43-37-18-14-13-17-33(34)37;/h9-19,21,23-24,31-32,38-39H,1,20,22,25-28H2,2-8H3;1H/q+1;/p-1/t31-,32-,38+,39-,44?;/m0./s1. The van der Waals surface area contributed by atoms with Crippen molar-refractivity contribution >= 4 is 10.9 Å². The van der Waals surface area contributed by atoms with Gasteiger partial charge in [-0.25, -0.2) is 0 Å². The van der Waals surface area contributed by atoms with Gasteiger partial charge in [0, 0.05) is 47.0 Å². The summed E-state index contributed by atoms with van der Waals surface area (Å²) in [5, 5.41) is 1.19. The molecule has 47 heavy (non-hydrogen) atoms. The fraction of sp³-hybridized carbons (Fsp3) is 0.452. The molecule has 1 unspecified atom stereocenters. The van der Waals surface area contributed by atoms with E-state index in [2.05, 4.69) is 127 Å². The summed E-state index contributed by atoms with van der Waals surface area (Å²) >= 11 is 0. The first-order chi connectivity index (χ1) is 21.9. The van der Waals surface area contributed by atoms with Gasteiger partial charge in [0.05, 0.1) is 32.3 Å². The Balaban J connectivity index is 0.00000433. The first kappa shape index (κ1) is 35.3. The van der Waals surface area contributed by atoms with E-state index in [9.17, 15) is 0 Å². The van der Waals surface area contributed by atoms with Gasteiger partial charge >= 0.3 is 0 Å². The van der Waals surface area contributed by atoms with E-state index in [4.69, 9.17) is 14.5 Å². The van der Waals surface area contributed by atoms with Crippen molar-refractivity contribution in [3.05, 3.63) is 119 Å². The molecule has 0 N–H and O–H groups in total. The summed E-state index contributed by atoms with van der Waals surface area (Å²) in [7, 11) is 1.83. The lowest BCUT2D eigenvalue weighted by atomic mass is 9.70. The quantitative estimate of drug-likeness (QED) is 0.144. The molecule has 3 saturated heterocycles. The molecular weight excluding hydrogens is 644 g/mol. The summed E-state index contributed by atoms with van der Waals surface area (Å²) in [5.41, 5.74) is 7.37. The smallest absolute Gasteiger partial charge is 0.135 e. The average Bonchev–Trinajstić information content (AvgIpc) is 3.04. The molecule has 3 aliphatic heterocycles. The molecule has 5 heteroatoms. The number of para-hydroxylation sites is 1. The van der Waals surface area contributed by atoms with Gasteiger partial charge < -0.3 is 30.9 Å². The van der Waals surface area contributed by atoms with Crippen molar-refractivity contribution in [3.63, 3.8) is 0 Å². The first-order valence-electron chi connectivity index (χ1n) is 17.1. The van der Waals surface area contributed by atoms with Crippen molar-refractivity contribution in [2.45, 2.75) is 90.5 Å². The second-order valence-corrected chi connectivity index (χ2v) is 15.9. The molecule has 5 atom stereocenters. The van der Waals surface area contributed by atoms with Crippen LogP contribution in [0.25, 0.3) is 10.9 Å². The van der Waals surface area contributed by atoms with Gasteiger partial charge in [-0.3, -0.25) is 4.98 Å². The van der Waals surface area contributed by atoms with Gasteiger partial charge in [-0.05, 0) is 52.1 Å². The Hall–Kier alpha value is -2.99. The SMILES string of the molecule is C=C[C@H]1C[N+]2(Cc3cc(C(C)(C)C)c(OC)c(C(C)(C)C)c3)CC[C@H]1C[C@@H]2[C@@H](OCc1ccccc1)c1ccnc2ccccc12.[Br-]. The highest BCUT2D eigenvalue weighted by Gasteiger charge is 2.54. The molecule has 3 aliphatic rings. The van der Waals surface area contributed by atoms with Crippen LogP contribution in [-0.2, 0) is 28.7 Å². The van der Waals surface area contributed by atoms with Gasteiger partial charge in [0.25, 0.3) is 0 Å². The summed E-state index contributed by atoms with van der Waals surface area (Å²) in [6.45, 7) is 21.9. The highest BCUT2D eigenvalue weighted by molar-refractivity contribution is 5.82. The number of piperidine rings is 3. The van der Waals surface area contributed by atoms with Crippen LogP contribution in [0.2, 0.25) is 0 Å². The van der Waals surface area contributed by atoms with Crippen molar-refractivity contribution in [2.75, 3.05) is 20.2 Å². The van der Waals surface area contributed by atoms with Crippen LogP contribution in [0.4, 0.5) is 0 Å². The second-order valence-electron chi connectivity index (χ2n) is 15.9. The minimum atomic E-state index is -0.0657. The number of halogens is 1. The molecule has 250 valence electrons. The number of benzene rings is 3. The molecule has 0 saturated carbocycles. The van der Waals surface area contributed by atoms with E-state index in [-0.39, 0.29) is 33.9 Å². The predicted octanol–water partition coefficient (Wildman–Crippen LogP) is 6.71. The third kappa shape index (κ3) is 7.09. The van der Waals surface area contributed by atoms with Crippen LogP contribution in [0.15, 0.2) is 91.6 Å². The lowest BCUT2D eigenvalue weighted by molar-refractivity contribution is -0.985. The summed E-state index contributed by atoms with van der Waals surface area (Å²) in [5.74, 6) is 2.18. The summed E-state index contributed by atoms with van der Waals surface area (Å²) in [6.07, 6.45) is 6.50. The third-order valence-electron chi connectivity index (χ3n) is 10.8. The average molecular weight is 698 g/mol. The highest BCUT2D eigenvalue weighted by Crippen LogP contribution is 2.50. The maximum absolute atomic E-state index is 7.15. The van der Waals surface area contributed by atoms with Crippen LogP contribution in [0.5, 0.6) is 5.75 Å². The molecule has 4 heterocycles. The van der Waals surface area contributed by atoms with Gasteiger partial charge in [0.15, 0.2) is 0 Å². The number of rotatable bonds is 9. The van der Waals surface area contributed by atoms with Crippen LogP contribution in [0.1, 0.15) is 88.3 Å². The first-order valence-corrected chi connectivity index (χ1v) is 17.1. The number of fused-ring (bicyclic) bond motifs is 4. The normalized spacial score (nSPS) is 23.3. The minimum Gasteiger partial charge on any atom is -1.00 e. The maximum atomic E-state index is 7.15. The lowest BCUT2D eigenvalue weighted by Gasteiger charge is -2.58. The Kier molecular flexibility index (Phi) is 10.4. The van der Waals surface area contributed by atoms with Crippen molar-refractivity contribution in [1.82, 2.24) is 4.98 Å². The Morgan fingerprint density at radius 1 is 0.915 bits per heavy atom. The molecule has 3 fully saturated rings. The van der Waals surface area contributed by atoms with Crippen molar-refractivity contribution in [1.29, 1.82) is 0 Å². The van der Waals surface area contributed by atoms with Crippen molar-refractivity contribution < 1.29 is 30.9 Å². The van der Waals surface area contributed by atoms with E-state index < -0.39 is 0 Å². The van der Waals surface area contributed by atoms with Gasteiger partial charge in [-0.2, -0.15) is 0 Å². The summed E-state index contributed by atoms with van der Waals surface area (Å²) in [4.78, 5) is 4.74. The number of hydrogen-bond acceptors (Lipinski definition) is 3. The van der Waals surface area contributed by atoms with E-state index >= 15 is 0 Å². The van der Waals surface area contributed by atoms with Crippen LogP contribution < -0.4 is 21.7 Å². The number of quaternary nitrogens is 1. The van der Waals surface area contributed by atoms with Crippen LogP contribution in [0.3, 0.4) is 0 Å². The summed E-state index contributed by atoms with van der Waals surface area (Å²) in [6, 6.07) is 26.6. The molecule has 0 amide bonds. The minimum absolute atomic E-state index is 0. The maximum Gasteiger partial charge on any atom is 0.135 e. The molecule has 0 spiro atoms. The largest absolute Gasteiger partial charge is 1.00 e. The fourth-order valence-electron chi connectivity index (χ4n) is 8.38. The Bertz CT molecular complexity index is 1650. The van der Waals surface area contributed by atoms with Gasteiger partial charge in [-0.15, -0.1) is 6.58 Å². The molecule has 4 nitrogen and oxygen atoms in total. The number of nitrogens with zero attached hydrogens (tertiary/aromatic N) is 2. The number of methoxy groups -OCH3 is 1. The van der Waals surface area contributed by atoms with Crippen LogP contribution in [-0.4, -0.2) is 35.7 Å². The summed E-state index contributed by atoms with van der Waals surface area (Å²) < 4.78 is 14.3.